The summed E-state index contributed by atoms with van der Waals surface area (Å²) in [5.74, 6) is 0.988. The molecule has 5 heteroatoms. The van der Waals surface area contributed by atoms with Crippen molar-refractivity contribution in [2.45, 2.75) is 31.2 Å². The summed E-state index contributed by atoms with van der Waals surface area (Å²) < 4.78 is 0. The van der Waals surface area contributed by atoms with Gasteiger partial charge < -0.3 is 10.2 Å². The summed E-state index contributed by atoms with van der Waals surface area (Å²) in [6.45, 7) is 3.25. The summed E-state index contributed by atoms with van der Waals surface area (Å²) in [5.41, 5.74) is 4.43. The molecule has 5 rings (SSSR count). The molecule has 0 saturated carbocycles. The largest absolute Gasteiger partial charge is 0.341 e. The third kappa shape index (κ3) is 3.73. The third-order valence-electron chi connectivity index (χ3n) is 6.20. The monoisotopic (exact) mass is 398 g/mol. The van der Waals surface area contributed by atoms with Gasteiger partial charge in [0.05, 0.1) is 5.92 Å². The van der Waals surface area contributed by atoms with Gasteiger partial charge in [-0.05, 0) is 17.5 Å². The van der Waals surface area contributed by atoms with Crippen molar-refractivity contribution in [1.29, 1.82) is 0 Å². The summed E-state index contributed by atoms with van der Waals surface area (Å²) in [4.78, 5) is 25.1. The van der Waals surface area contributed by atoms with Gasteiger partial charge in [0.1, 0.15) is 5.82 Å². The number of carbonyl (C=O) groups is 1. The van der Waals surface area contributed by atoms with E-state index in [1.807, 2.05) is 71.8 Å². The minimum atomic E-state index is -0.276. The predicted octanol–water partition coefficient (Wildman–Crippen LogP) is 3.27. The van der Waals surface area contributed by atoms with Crippen LogP contribution in [0.1, 0.15) is 46.5 Å². The minimum Gasteiger partial charge on any atom is -0.341 e. The average molecular weight is 399 g/mol. The first kappa shape index (κ1) is 18.9. The number of fused-ring (bicyclic) bond motifs is 1. The number of nitrogens with one attached hydrogen (secondary N) is 1. The molecule has 30 heavy (non-hydrogen) atoms. The number of amides is 1. The maximum Gasteiger partial charge on any atom is 0.234 e. The lowest BCUT2D eigenvalue weighted by molar-refractivity contribution is -0.130. The second-order valence-electron chi connectivity index (χ2n) is 8.15. The van der Waals surface area contributed by atoms with Crippen molar-refractivity contribution in [2.75, 3.05) is 19.6 Å². The van der Waals surface area contributed by atoms with Crippen LogP contribution >= 0.6 is 0 Å². The highest BCUT2D eigenvalue weighted by atomic mass is 16.2. The second-order valence-corrected chi connectivity index (χ2v) is 8.15. The highest BCUT2D eigenvalue weighted by Gasteiger charge is 2.34. The summed E-state index contributed by atoms with van der Waals surface area (Å²) in [6, 6.07) is 20.2. The Bertz CT molecular complexity index is 982. The molecule has 1 fully saturated rings. The zero-order valence-electron chi connectivity index (χ0n) is 17.0. The fraction of sp³-hybridized carbons (Fsp3) is 0.320. The van der Waals surface area contributed by atoms with Gasteiger partial charge in [0, 0.05) is 56.0 Å². The maximum atomic E-state index is 13.6. The van der Waals surface area contributed by atoms with E-state index in [-0.39, 0.29) is 17.7 Å². The topological polar surface area (TPSA) is 58.1 Å². The zero-order valence-corrected chi connectivity index (χ0v) is 17.0. The van der Waals surface area contributed by atoms with Crippen molar-refractivity contribution in [3.05, 3.63) is 95.1 Å². The molecule has 2 aliphatic heterocycles. The van der Waals surface area contributed by atoms with Gasteiger partial charge in [0.15, 0.2) is 0 Å². The number of likely N-dealkylation sites (tertiary alicyclic amines) is 1. The Kier molecular flexibility index (Phi) is 5.28. The Morgan fingerprint density at radius 1 is 1.03 bits per heavy atom. The molecule has 2 aromatic carbocycles. The van der Waals surface area contributed by atoms with Gasteiger partial charge in [-0.1, -0.05) is 60.7 Å². The molecular weight excluding hydrogens is 372 g/mol. The molecule has 0 bridgehead atoms. The number of nitrogens with zero attached hydrogens (tertiary/aromatic N) is 3. The van der Waals surface area contributed by atoms with E-state index < -0.39 is 0 Å². The van der Waals surface area contributed by atoms with Gasteiger partial charge in [-0.15, -0.1) is 0 Å². The van der Waals surface area contributed by atoms with E-state index in [4.69, 9.17) is 4.98 Å². The maximum absolute atomic E-state index is 13.6. The van der Waals surface area contributed by atoms with Crippen molar-refractivity contribution in [3.8, 4) is 0 Å². The number of benzene rings is 2. The van der Waals surface area contributed by atoms with Crippen molar-refractivity contribution in [3.63, 3.8) is 0 Å². The molecule has 152 valence electrons. The minimum absolute atomic E-state index is 0.164. The van der Waals surface area contributed by atoms with E-state index in [0.717, 1.165) is 55.1 Å². The van der Waals surface area contributed by atoms with Crippen molar-refractivity contribution in [1.82, 2.24) is 20.2 Å². The molecule has 1 unspecified atom stereocenters. The molecule has 1 N–H and O–H groups in total. The number of carbonyl (C=O) groups excluding carboxylic acids is 1. The lowest BCUT2D eigenvalue weighted by atomic mass is 9.90. The van der Waals surface area contributed by atoms with Gasteiger partial charge >= 0.3 is 0 Å². The second kappa shape index (κ2) is 8.36. The molecular formula is C25H26N4O. The highest BCUT2D eigenvalue weighted by Crippen LogP contribution is 2.32. The number of aromatic nitrogens is 2. The fourth-order valence-corrected chi connectivity index (χ4v) is 4.57. The smallest absolute Gasteiger partial charge is 0.234 e. The van der Waals surface area contributed by atoms with Crippen LogP contribution in [0, 0.1) is 0 Å². The summed E-state index contributed by atoms with van der Waals surface area (Å²) in [7, 11) is 0. The van der Waals surface area contributed by atoms with Crippen molar-refractivity contribution in [2.24, 2.45) is 0 Å². The van der Waals surface area contributed by atoms with Crippen molar-refractivity contribution >= 4 is 5.91 Å². The Hall–Kier alpha value is -3.05. The summed E-state index contributed by atoms with van der Waals surface area (Å²) in [5, 5.41) is 3.36. The lowest BCUT2D eigenvalue weighted by Gasteiger charge is -2.24. The van der Waals surface area contributed by atoms with E-state index in [9.17, 15) is 4.79 Å². The molecule has 1 saturated heterocycles. The van der Waals surface area contributed by atoms with Gasteiger partial charge in [0.25, 0.3) is 0 Å². The van der Waals surface area contributed by atoms with Crippen LogP contribution in [0.15, 0.2) is 66.9 Å². The zero-order chi connectivity index (χ0) is 20.3. The molecule has 2 aliphatic rings. The normalized spacial score (nSPS) is 18.4. The third-order valence-corrected chi connectivity index (χ3v) is 6.20. The Labute approximate surface area is 177 Å². The average Bonchev–Trinajstić information content (AvgIpc) is 3.31. The molecule has 5 nitrogen and oxygen atoms in total. The van der Waals surface area contributed by atoms with Gasteiger partial charge in [-0.2, -0.15) is 0 Å². The molecule has 0 spiro atoms. The summed E-state index contributed by atoms with van der Waals surface area (Å²) in [6.07, 6.45) is 3.83. The number of hydrogen-bond acceptors (Lipinski definition) is 4. The predicted molar refractivity (Wildman–Crippen MR) is 116 cm³/mol. The summed E-state index contributed by atoms with van der Waals surface area (Å²) >= 11 is 0. The molecule has 3 heterocycles. The Morgan fingerprint density at radius 3 is 2.43 bits per heavy atom. The van der Waals surface area contributed by atoms with Crippen LogP contribution in [0.25, 0.3) is 0 Å². The van der Waals surface area contributed by atoms with Crippen molar-refractivity contribution < 1.29 is 4.79 Å². The van der Waals surface area contributed by atoms with Gasteiger partial charge in [-0.25, -0.2) is 9.97 Å². The SMILES string of the molecule is O=C(C(c1ccccc1)c1ccccc1)N1CCC(c2ncc3c(n2)CCNC3)C1. The number of rotatable bonds is 4. The highest BCUT2D eigenvalue weighted by molar-refractivity contribution is 5.87. The van der Waals surface area contributed by atoms with Crippen LogP contribution in [0.5, 0.6) is 0 Å². The Balaban J connectivity index is 1.38. The molecule has 3 aromatic rings. The van der Waals surface area contributed by atoms with E-state index in [1.54, 1.807) is 0 Å². The van der Waals surface area contributed by atoms with Crippen LogP contribution in [0.4, 0.5) is 0 Å². The molecule has 1 atom stereocenters. The fourth-order valence-electron chi connectivity index (χ4n) is 4.57. The van der Waals surface area contributed by atoms with Crippen LogP contribution < -0.4 is 5.32 Å². The van der Waals surface area contributed by atoms with E-state index in [1.165, 1.54) is 5.56 Å². The van der Waals surface area contributed by atoms with Gasteiger partial charge in [0.2, 0.25) is 5.91 Å². The quantitative estimate of drug-likeness (QED) is 0.733. The molecule has 0 radical (unpaired) electrons. The standard InChI is InChI=1S/C25H26N4O/c30-25(23(18-7-3-1-4-8-18)19-9-5-2-6-10-19)29-14-12-20(17-29)24-27-16-21-15-26-13-11-22(21)28-24/h1-10,16,20,23,26H,11-15,17H2. The van der Waals surface area contributed by atoms with E-state index >= 15 is 0 Å². The first-order valence-electron chi connectivity index (χ1n) is 10.7. The van der Waals surface area contributed by atoms with Crippen LogP contribution in [-0.2, 0) is 17.8 Å². The van der Waals surface area contributed by atoms with Crippen LogP contribution in [0.3, 0.4) is 0 Å². The van der Waals surface area contributed by atoms with E-state index in [0.29, 0.717) is 6.54 Å². The molecule has 1 aromatic heterocycles. The Morgan fingerprint density at radius 2 is 1.73 bits per heavy atom. The molecule has 0 aliphatic carbocycles. The number of hydrogen-bond donors (Lipinski definition) is 1. The first-order valence-corrected chi connectivity index (χ1v) is 10.7. The van der Waals surface area contributed by atoms with Gasteiger partial charge in [-0.3, -0.25) is 4.79 Å². The van der Waals surface area contributed by atoms with Crippen LogP contribution in [-0.4, -0.2) is 40.4 Å². The van der Waals surface area contributed by atoms with Crippen LogP contribution in [0.2, 0.25) is 0 Å². The lowest BCUT2D eigenvalue weighted by Crippen LogP contribution is -2.34. The first-order chi connectivity index (χ1) is 14.8. The van der Waals surface area contributed by atoms with E-state index in [2.05, 4.69) is 10.3 Å². The molecule has 1 amide bonds.